The zero-order valence-electron chi connectivity index (χ0n) is 10.4. The van der Waals surface area contributed by atoms with E-state index in [9.17, 15) is 0 Å². The highest BCUT2D eigenvalue weighted by molar-refractivity contribution is 7.51. The fourth-order valence-electron chi connectivity index (χ4n) is 1.62. The molecule has 0 radical (unpaired) electrons. The molecule has 0 saturated heterocycles. The van der Waals surface area contributed by atoms with Crippen molar-refractivity contribution >= 4 is 62.9 Å². The molecule has 1 aromatic rings. The van der Waals surface area contributed by atoms with Crippen molar-refractivity contribution in [3.8, 4) is 5.75 Å². The highest BCUT2D eigenvalue weighted by Crippen LogP contribution is 2.29. The molecule has 0 N–H and O–H groups in total. The third-order valence-electron chi connectivity index (χ3n) is 2.60. The molecule has 102 valence electrons. The molecular formula is C11H16Cl4OSi2. The molecule has 1 nitrogen and oxygen atoms in total. The number of benzene rings is 1. The van der Waals surface area contributed by atoms with Crippen LogP contribution in [0.15, 0.2) is 24.3 Å². The average molecular weight is 362 g/mol. The topological polar surface area (TPSA) is 9.23 Å². The van der Waals surface area contributed by atoms with Crippen molar-refractivity contribution < 1.29 is 4.74 Å². The normalized spacial score (nSPS) is 12.6. The van der Waals surface area contributed by atoms with Gasteiger partial charge in [-0.2, -0.15) is 0 Å². The van der Waals surface area contributed by atoms with Crippen LogP contribution >= 0.6 is 44.3 Å². The second-order valence-corrected chi connectivity index (χ2v) is 19.5. The Balaban J connectivity index is 2.67. The molecule has 0 heterocycles. The van der Waals surface area contributed by atoms with Crippen LogP contribution in [0, 0.1) is 0 Å². The minimum Gasteiger partial charge on any atom is -0.497 e. The molecule has 0 bridgehead atoms. The van der Waals surface area contributed by atoms with Gasteiger partial charge in [0.05, 0.1) is 7.11 Å². The van der Waals surface area contributed by atoms with Crippen LogP contribution in [0.2, 0.25) is 18.6 Å². The third-order valence-corrected chi connectivity index (χ3v) is 9.54. The smallest absolute Gasteiger partial charge is 0.280 e. The summed E-state index contributed by atoms with van der Waals surface area (Å²) in [6.07, 6.45) is 0.867. The van der Waals surface area contributed by atoms with Gasteiger partial charge in [-0.1, -0.05) is 18.6 Å². The van der Waals surface area contributed by atoms with Gasteiger partial charge in [0.15, 0.2) is 0 Å². The quantitative estimate of drug-likeness (QED) is 0.524. The van der Waals surface area contributed by atoms with Crippen molar-refractivity contribution in [2.45, 2.75) is 25.1 Å². The Morgan fingerprint density at radius 3 is 2.33 bits per heavy atom. The predicted molar refractivity (Wildman–Crippen MR) is 87.6 cm³/mol. The van der Waals surface area contributed by atoms with Crippen molar-refractivity contribution in [2.24, 2.45) is 0 Å². The lowest BCUT2D eigenvalue weighted by Crippen LogP contribution is -2.36. The highest BCUT2D eigenvalue weighted by atomic mass is 35.7. The van der Waals surface area contributed by atoms with E-state index in [-0.39, 0.29) is 0 Å². The summed E-state index contributed by atoms with van der Waals surface area (Å²) < 4.78 is 5.18. The molecular weight excluding hydrogens is 346 g/mol. The molecule has 0 spiro atoms. The summed E-state index contributed by atoms with van der Waals surface area (Å²) in [4.78, 5) is 0. The highest BCUT2D eigenvalue weighted by Gasteiger charge is 2.32. The van der Waals surface area contributed by atoms with Gasteiger partial charge in [0.1, 0.15) is 5.75 Å². The Labute approximate surface area is 129 Å². The van der Waals surface area contributed by atoms with Gasteiger partial charge in [-0.15, -0.1) is 44.3 Å². The van der Waals surface area contributed by atoms with Crippen LogP contribution < -0.4 is 9.92 Å². The van der Waals surface area contributed by atoms with E-state index in [1.165, 1.54) is 0 Å². The summed E-state index contributed by atoms with van der Waals surface area (Å²) >= 11 is 25.1. The molecule has 0 aliphatic carbocycles. The van der Waals surface area contributed by atoms with Crippen LogP contribution in [-0.2, 0) is 0 Å². The number of hydrogen-bond donors (Lipinski definition) is 0. The molecule has 0 amide bonds. The van der Waals surface area contributed by atoms with E-state index >= 15 is 0 Å². The molecule has 0 aliphatic heterocycles. The Hall–Kier alpha value is 0.614. The van der Waals surface area contributed by atoms with E-state index in [0.717, 1.165) is 29.4 Å². The van der Waals surface area contributed by atoms with Crippen LogP contribution in [0.1, 0.15) is 6.42 Å². The third kappa shape index (κ3) is 5.72. The predicted octanol–water partition coefficient (Wildman–Crippen LogP) is 4.76. The fourth-order valence-corrected chi connectivity index (χ4v) is 6.68. The number of ether oxygens (including phenoxy) is 1. The van der Waals surface area contributed by atoms with Gasteiger partial charge in [0.2, 0.25) is 6.69 Å². The molecule has 0 saturated carbocycles. The first kappa shape index (κ1) is 16.7. The first-order valence-corrected chi connectivity index (χ1v) is 14.6. The summed E-state index contributed by atoms with van der Waals surface area (Å²) in [5.41, 5.74) is 0. The maximum Gasteiger partial charge on any atom is 0.280 e. The number of halogens is 4. The molecule has 7 heteroatoms. The maximum absolute atomic E-state index is 6.50. The molecule has 0 aromatic heterocycles. The monoisotopic (exact) mass is 360 g/mol. The lowest BCUT2D eigenvalue weighted by Gasteiger charge is -2.19. The van der Waals surface area contributed by atoms with Crippen LogP contribution in [0.4, 0.5) is 0 Å². The SMILES string of the molecule is COc1cccc([Si](Cl)(Cl)CCC[Si](C)(Cl)Cl)c1. The van der Waals surface area contributed by atoms with Gasteiger partial charge < -0.3 is 4.74 Å². The summed E-state index contributed by atoms with van der Waals surface area (Å²) in [7, 11) is 1.63. The Kier molecular flexibility index (Phi) is 6.36. The summed E-state index contributed by atoms with van der Waals surface area (Å²) in [5.74, 6) is 0.777. The van der Waals surface area contributed by atoms with Gasteiger partial charge in [-0.3, -0.25) is 0 Å². The molecule has 18 heavy (non-hydrogen) atoms. The van der Waals surface area contributed by atoms with Crippen LogP contribution in [0.5, 0.6) is 5.75 Å². The second kappa shape index (κ2) is 6.86. The first-order chi connectivity index (χ1) is 8.24. The molecule has 1 rings (SSSR count). The van der Waals surface area contributed by atoms with E-state index in [1.54, 1.807) is 7.11 Å². The van der Waals surface area contributed by atoms with E-state index in [0.29, 0.717) is 0 Å². The van der Waals surface area contributed by atoms with Crippen LogP contribution in [-0.4, -0.2) is 20.5 Å². The second-order valence-electron chi connectivity index (χ2n) is 4.36. The fraction of sp³-hybridized carbons (Fsp3) is 0.455. The van der Waals surface area contributed by atoms with E-state index < -0.39 is 13.4 Å². The maximum atomic E-state index is 6.50. The molecule has 0 aliphatic rings. The van der Waals surface area contributed by atoms with Crippen molar-refractivity contribution in [1.82, 2.24) is 0 Å². The van der Waals surface area contributed by atoms with Crippen molar-refractivity contribution in [2.75, 3.05) is 7.11 Å². The lowest BCUT2D eigenvalue weighted by molar-refractivity contribution is 0.415. The number of methoxy groups -OCH3 is 1. The van der Waals surface area contributed by atoms with Gasteiger partial charge in [0.25, 0.3) is 6.69 Å². The lowest BCUT2D eigenvalue weighted by atomic mass is 10.3. The molecule has 0 atom stereocenters. The van der Waals surface area contributed by atoms with Crippen molar-refractivity contribution in [1.29, 1.82) is 0 Å². The zero-order valence-corrected chi connectivity index (χ0v) is 15.4. The largest absolute Gasteiger partial charge is 0.497 e. The summed E-state index contributed by atoms with van der Waals surface area (Å²) in [6.45, 7) is -2.60. The minimum atomic E-state index is -2.46. The Bertz CT molecular complexity index is 393. The summed E-state index contributed by atoms with van der Waals surface area (Å²) in [5, 5.41) is 0.970. The number of rotatable bonds is 6. The van der Waals surface area contributed by atoms with E-state index in [2.05, 4.69) is 0 Å². The first-order valence-electron chi connectivity index (χ1n) is 5.65. The number of hydrogen-bond acceptors (Lipinski definition) is 1. The Morgan fingerprint density at radius 2 is 1.78 bits per heavy atom. The molecule has 1 aromatic carbocycles. The molecule has 0 unspecified atom stereocenters. The van der Waals surface area contributed by atoms with Crippen LogP contribution in [0.25, 0.3) is 0 Å². The van der Waals surface area contributed by atoms with Crippen molar-refractivity contribution in [3.05, 3.63) is 24.3 Å². The average Bonchev–Trinajstić information content (AvgIpc) is 2.27. The van der Waals surface area contributed by atoms with E-state index in [4.69, 9.17) is 49.1 Å². The zero-order chi connectivity index (χ0) is 13.8. The standard InChI is InChI=1S/C11H16Cl4OSi2/c1-16-10-5-3-6-11(9-10)18(14,15)8-4-7-17(2,12)13/h3,5-6,9H,4,7-8H2,1-2H3. The van der Waals surface area contributed by atoms with Crippen LogP contribution in [0.3, 0.4) is 0 Å². The van der Waals surface area contributed by atoms with Gasteiger partial charge >= 0.3 is 0 Å². The van der Waals surface area contributed by atoms with Gasteiger partial charge in [-0.25, -0.2) is 0 Å². The summed E-state index contributed by atoms with van der Waals surface area (Å²) in [6, 6.07) is 9.21. The Morgan fingerprint density at radius 1 is 1.11 bits per heavy atom. The van der Waals surface area contributed by atoms with Gasteiger partial charge in [-0.05, 0) is 36.0 Å². The molecule has 0 fully saturated rings. The van der Waals surface area contributed by atoms with Crippen molar-refractivity contribution in [3.63, 3.8) is 0 Å². The van der Waals surface area contributed by atoms with E-state index in [1.807, 2.05) is 30.8 Å². The minimum absolute atomic E-state index is 0.755. The van der Waals surface area contributed by atoms with Gasteiger partial charge in [0, 0.05) is 0 Å².